The fourth-order valence-electron chi connectivity index (χ4n) is 4.61. The minimum Gasteiger partial charge on any atom is -0.141 e. The van der Waals surface area contributed by atoms with E-state index in [4.69, 9.17) is 0 Å². The molecule has 2 bridgehead atoms. The first-order chi connectivity index (χ1) is 10.3. The van der Waals surface area contributed by atoms with Gasteiger partial charge in [0.15, 0.2) is 0 Å². The normalized spacial score (nSPS) is 38.2. The maximum Gasteiger partial charge on any atom is 0.0826 e. The van der Waals surface area contributed by atoms with Gasteiger partial charge in [0.05, 0.1) is 13.0 Å². The average Bonchev–Trinajstić information content (AvgIpc) is 3.23. The summed E-state index contributed by atoms with van der Waals surface area (Å²) < 4.78 is 0.737. The second-order valence-electron chi connectivity index (χ2n) is 6.17. The van der Waals surface area contributed by atoms with Crippen LogP contribution in [-0.2, 0) is 0 Å². The maximum atomic E-state index is 4.25. The molecular weight excluding hydrogens is 400 g/mol. The minimum atomic E-state index is 0.368. The van der Waals surface area contributed by atoms with Gasteiger partial charge in [-0.25, -0.2) is 0 Å². The van der Waals surface area contributed by atoms with Crippen LogP contribution in [0.4, 0.5) is 0 Å². The summed E-state index contributed by atoms with van der Waals surface area (Å²) in [7, 11) is 0. The van der Waals surface area contributed by atoms with Gasteiger partial charge in [-0.15, -0.1) is 47.0 Å². The number of halogens is 1. The molecule has 0 N–H and O–H groups in total. The highest BCUT2D eigenvalue weighted by Gasteiger charge is 2.67. The third-order valence-corrected chi connectivity index (χ3v) is 15.5. The van der Waals surface area contributed by atoms with E-state index in [9.17, 15) is 0 Å². The summed E-state index contributed by atoms with van der Waals surface area (Å²) in [5.74, 6) is 6.77. The van der Waals surface area contributed by atoms with E-state index >= 15 is 0 Å². The molecule has 2 saturated heterocycles. The molecule has 1 saturated carbocycles. The summed E-state index contributed by atoms with van der Waals surface area (Å²) in [6.07, 6.45) is 1.38. The third-order valence-electron chi connectivity index (χ3n) is 5.37. The Balaban J connectivity index is 1.74. The molecule has 4 aliphatic rings. The zero-order chi connectivity index (χ0) is 14.1. The molecule has 0 amide bonds. The summed E-state index contributed by atoms with van der Waals surface area (Å²) in [6.45, 7) is 0. The molecule has 2 heterocycles. The van der Waals surface area contributed by atoms with E-state index in [1.807, 2.05) is 0 Å². The lowest BCUT2D eigenvalue weighted by Crippen LogP contribution is -2.52. The zero-order valence-corrected chi connectivity index (χ0v) is 16.4. The largest absolute Gasteiger partial charge is 0.141 e. The number of benzene rings is 1. The Labute approximate surface area is 151 Å². The number of thioether (sulfide) groups is 4. The quantitative estimate of drug-likeness (QED) is 0.519. The summed E-state index contributed by atoms with van der Waals surface area (Å²) in [5, 5.41) is 0. The molecule has 21 heavy (non-hydrogen) atoms. The van der Waals surface area contributed by atoms with Gasteiger partial charge in [-0.1, -0.05) is 40.2 Å². The van der Waals surface area contributed by atoms with Crippen LogP contribution in [0.25, 0.3) is 0 Å². The minimum absolute atomic E-state index is 0.368. The number of fused-ring (bicyclic) bond motifs is 7. The Kier molecular flexibility index (Phi) is 3.47. The van der Waals surface area contributed by atoms with Crippen LogP contribution in [-0.4, -0.2) is 36.0 Å². The van der Waals surface area contributed by atoms with Crippen molar-refractivity contribution in [3.63, 3.8) is 0 Å². The monoisotopic (exact) mass is 416 g/mol. The smallest absolute Gasteiger partial charge is 0.0826 e. The Bertz CT molecular complexity index is 528. The summed E-state index contributed by atoms with van der Waals surface area (Å²) in [4.78, 5) is 0.614. The molecule has 0 aromatic heterocycles. The first kappa shape index (κ1) is 14.4. The SMILES string of the molecule is BrC1C2(SCCS2)[C@@H]2C[C@@H](c3ccccc32)C12SCCS2. The highest BCUT2D eigenvalue weighted by molar-refractivity contribution is 9.10. The van der Waals surface area contributed by atoms with Gasteiger partial charge < -0.3 is 0 Å². The van der Waals surface area contributed by atoms with Gasteiger partial charge in [0, 0.05) is 34.8 Å². The van der Waals surface area contributed by atoms with Gasteiger partial charge in [-0.3, -0.25) is 0 Å². The number of alkyl halides is 1. The molecule has 1 unspecified atom stereocenters. The fraction of sp³-hybridized carbons (Fsp3) is 0.625. The van der Waals surface area contributed by atoms with E-state index in [-0.39, 0.29) is 0 Å². The standard InChI is InChI=1S/C16H17BrS4/c17-14-15(18-5-6-19-15)12-9-13(16(14)20-7-8-21-16)11-4-2-1-3-10(11)12/h1-4,12-14H,5-9H2/t12-,13+,14?. The second kappa shape index (κ2) is 5.05. The van der Waals surface area contributed by atoms with Crippen molar-refractivity contribution in [1.82, 2.24) is 0 Å². The van der Waals surface area contributed by atoms with Gasteiger partial charge in [-0.2, -0.15) is 0 Å². The van der Waals surface area contributed by atoms with Crippen molar-refractivity contribution in [2.75, 3.05) is 23.0 Å². The van der Waals surface area contributed by atoms with Crippen LogP contribution in [0.15, 0.2) is 24.3 Å². The van der Waals surface area contributed by atoms with Crippen LogP contribution in [0.2, 0.25) is 0 Å². The molecule has 2 aliphatic carbocycles. The molecule has 2 spiro atoms. The van der Waals surface area contributed by atoms with Crippen molar-refractivity contribution in [3.05, 3.63) is 35.4 Å². The van der Waals surface area contributed by atoms with Crippen molar-refractivity contribution >= 4 is 63.0 Å². The van der Waals surface area contributed by atoms with Crippen molar-refractivity contribution in [1.29, 1.82) is 0 Å². The first-order valence-corrected chi connectivity index (χ1v) is 12.4. The van der Waals surface area contributed by atoms with Gasteiger partial charge >= 0.3 is 0 Å². The number of rotatable bonds is 0. The molecule has 0 nitrogen and oxygen atoms in total. The molecule has 1 aromatic carbocycles. The predicted octanol–water partition coefficient (Wildman–Crippen LogP) is 5.39. The van der Waals surface area contributed by atoms with Gasteiger partial charge in [0.2, 0.25) is 0 Å². The zero-order valence-electron chi connectivity index (χ0n) is 11.6. The lowest BCUT2D eigenvalue weighted by atomic mass is 9.84. The summed E-state index contributed by atoms with van der Waals surface area (Å²) >= 11 is 13.2. The number of hydrogen-bond donors (Lipinski definition) is 0. The summed E-state index contributed by atoms with van der Waals surface area (Å²) in [6, 6.07) is 9.35. The van der Waals surface area contributed by atoms with Crippen molar-refractivity contribution in [3.8, 4) is 0 Å². The van der Waals surface area contributed by atoms with E-state index in [1.165, 1.54) is 29.4 Å². The predicted molar refractivity (Wildman–Crippen MR) is 105 cm³/mol. The van der Waals surface area contributed by atoms with Crippen LogP contribution >= 0.6 is 63.0 Å². The Morgan fingerprint density at radius 1 is 0.810 bits per heavy atom. The van der Waals surface area contributed by atoms with Gasteiger partial charge in [-0.05, 0) is 17.5 Å². The molecule has 3 fully saturated rings. The molecule has 2 aliphatic heterocycles. The molecule has 5 heteroatoms. The second-order valence-corrected chi connectivity index (χ2v) is 13.1. The highest BCUT2D eigenvalue weighted by Crippen LogP contribution is 2.75. The lowest BCUT2D eigenvalue weighted by Gasteiger charge is -2.52. The Morgan fingerprint density at radius 3 is 1.67 bits per heavy atom. The maximum absolute atomic E-state index is 4.25. The fourth-order valence-corrected chi connectivity index (χ4v) is 14.4. The third kappa shape index (κ3) is 1.76. The molecule has 3 atom stereocenters. The molecule has 1 aromatic rings. The highest BCUT2D eigenvalue weighted by atomic mass is 79.9. The van der Waals surface area contributed by atoms with Crippen LogP contribution in [0.3, 0.4) is 0 Å². The van der Waals surface area contributed by atoms with E-state index in [0.29, 0.717) is 13.0 Å². The van der Waals surface area contributed by atoms with Crippen molar-refractivity contribution in [2.45, 2.75) is 31.2 Å². The van der Waals surface area contributed by atoms with Gasteiger partial charge in [0.1, 0.15) is 0 Å². The van der Waals surface area contributed by atoms with Crippen LogP contribution in [0.1, 0.15) is 29.4 Å². The van der Waals surface area contributed by atoms with E-state index < -0.39 is 0 Å². The van der Waals surface area contributed by atoms with Crippen molar-refractivity contribution < 1.29 is 0 Å². The van der Waals surface area contributed by atoms with E-state index in [0.717, 1.165) is 11.8 Å². The topological polar surface area (TPSA) is 0 Å². The van der Waals surface area contributed by atoms with Crippen molar-refractivity contribution in [2.24, 2.45) is 0 Å². The molecule has 0 radical (unpaired) electrons. The molecular formula is C16H17BrS4. The van der Waals surface area contributed by atoms with Crippen LogP contribution < -0.4 is 0 Å². The Morgan fingerprint density at radius 2 is 1.24 bits per heavy atom. The molecule has 5 rings (SSSR count). The average molecular weight is 417 g/mol. The first-order valence-electron chi connectivity index (χ1n) is 7.57. The summed E-state index contributed by atoms with van der Waals surface area (Å²) in [5.41, 5.74) is 3.33. The van der Waals surface area contributed by atoms with Crippen LogP contribution in [0, 0.1) is 0 Å². The lowest BCUT2D eigenvalue weighted by molar-refractivity contribution is 0.431. The van der Waals surface area contributed by atoms with E-state index in [2.05, 4.69) is 87.2 Å². The number of hydrogen-bond acceptors (Lipinski definition) is 4. The van der Waals surface area contributed by atoms with Gasteiger partial charge in [0.25, 0.3) is 0 Å². The van der Waals surface area contributed by atoms with Crippen LogP contribution in [0.5, 0.6) is 0 Å². The Hall–Kier alpha value is 1.10. The molecule has 112 valence electrons. The van der Waals surface area contributed by atoms with E-state index in [1.54, 1.807) is 11.1 Å².